The van der Waals surface area contributed by atoms with Crippen LogP contribution in [0.2, 0.25) is 0 Å². The predicted molar refractivity (Wildman–Crippen MR) is 121 cm³/mol. The van der Waals surface area contributed by atoms with E-state index in [9.17, 15) is 4.79 Å². The second-order valence-electron chi connectivity index (χ2n) is 7.30. The lowest BCUT2D eigenvalue weighted by Gasteiger charge is -2.35. The van der Waals surface area contributed by atoms with Gasteiger partial charge < -0.3 is 14.8 Å². The molecule has 0 bridgehead atoms. The molecule has 2 rings (SSSR count). The van der Waals surface area contributed by atoms with E-state index in [0.29, 0.717) is 41.1 Å². The molecular formula is C22H31N3O3S. The molecule has 0 radical (unpaired) electrons. The maximum absolute atomic E-state index is 12.1. The number of nitrogens with one attached hydrogen (secondary N) is 3. The van der Waals surface area contributed by atoms with Gasteiger partial charge in [-0.3, -0.25) is 15.6 Å². The molecule has 1 saturated carbocycles. The van der Waals surface area contributed by atoms with Gasteiger partial charge in [0.2, 0.25) is 0 Å². The second kappa shape index (κ2) is 11.5. The monoisotopic (exact) mass is 417 g/mol. The molecule has 0 heterocycles. The van der Waals surface area contributed by atoms with Crippen LogP contribution < -0.4 is 25.6 Å². The van der Waals surface area contributed by atoms with Gasteiger partial charge in [-0.1, -0.05) is 45.4 Å². The van der Waals surface area contributed by atoms with Crippen LogP contribution in [0, 0.1) is 11.8 Å². The zero-order valence-electron chi connectivity index (χ0n) is 17.4. The average molecular weight is 418 g/mol. The van der Waals surface area contributed by atoms with Crippen molar-refractivity contribution in [3.05, 3.63) is 42.5 Å². The Morgan fingerprint density at radius 1 is 1.28 bits per heavy atom. The summed E-state index contributed by atoms with van der Waals surface area (Å²) < 4.78 is 10.8. The van der Waals surface area contributed by atoms with E-state index in [1.54, 1.807) is 31.4 Å². The summed E-state index contributed by atoms with van der Waals surface area (Å²) in [5.41, 5.74) is 6.17. The van der Waals surface area contributed by atoms with Gasteiger partial charge in [0.15, 0.2) is 16.6 Å². The van der Waals surface area contributed by atoms with Crippen LogP contribution >= 0.6 is 12.2 Å². The number of carbonyl (C=O) groups excluding carboxylic acids is 1. The van der Waals surface area contributed by atoms with Crippen LogP contribution in [0.15, 0.2) is 36.9 Å². The molecule has 1 aliphatic carbocycles. The highest BCUT2D eigenvalue weighted by atomic mass is 32.1. The van der Waals surface area contributed by atoms with Crippen LogP contribution in [-0.2, 0) is 4.79 Å². The first-order chi connectivity index (χ1) is 13.9. The van der Waals surface area contributed by atoms with Crippen LogP contribution in [0.3, 0.4) is 0 Å². The van der Waals surface area contributed by atoms with Crippen LogP contribution in [0.1, 0.15) is 38.7 Å². The SMILES string of the molecule is C=CCOc1ccc(/C=C/C(=O)NNC(=S)N[C@H]2CCC[C@@H](C)[C@H]2C)cc1OC. The minimum Gasteiger partial charge on any atom is -0.493 e. The van der Waals surface area contributed by atoms with E-state index in [2.05, 4.69) is 36.6 Å². The Balaban J connectivity index is 1.83. The number of hydrogen-bond donors (Lipinski definition) is 3. The molecule has 7 heteroatoms. The number of hydrogen-bond acceptors (Lipinski definition) is 4. The topological polar surface area (TPSA) is 71.6 Å². The van der Waals surface area contributed by atoms with Gasteiger partial charge in [0.05, 0.1) is 7.11 Å². The third-order valence-electron chi connectivity index (χ3n) is 5.29. The van der Waals surface area contributed by atoms with Crippen molar-refractivity contribution in [3.8, 4) is 11.5 Å². The van der Waals surface area contributed by atoms with Crippen molar-refractivity contribution in [1.82, 2.24) is 16.2 Å². The molecule has 158 valence electrons. The van der Waals surface area contributed by atoms with Crippen molar-refractivity contribution in [2.45, 2.75) is 39.2 Å². The third kappa shape index (κ3) is 7.09. The van der Waals surface area contributed by atoms with Gasteiger partial charge in [0.25, 0.3) is 5.91 Å². The van der Waals surface area contributed by atoms with Crippen molar-refractivity contribution in [2.75, 3.05) is 13.7 Å². The zero-order valence-corrected chi connectivity index (χ0v) is 18.2. The van der Waals surface area contributed by atoms with E-state index in [4.69, 9.17) is 21.7 Å². The first-order valence-electron chi connectivity index (χ1n) is 9.91. The van der Waals surface area contributed by atoms with Crippen molar-refractivity contribution >= 4 is 29.3 Å². The van der Waals surface area contributed by atoms with Gasteiger partial charge >= 0.3 is 0 Å². The molecule has 0 aliphatic heterocycles. The Morgan fingerprint density at radius 2 is 2.07 bits per heavy atom. The van der Waals surface area contributed by atoms with Crippen molar-refractivity contribution < 1.29 is 14.3 Å². The van der Waals surface area contributed by atoms with Crippen LogP contribution in [0.25, 0.3) is 6.08 Å². The number of amides is 1. The number of benzene rings is 1. The molecule has 1 aromatic rings. The predicted octanol–water partition coefficient (Wildman–Crippen LogP) is 3.59. The van der Waals surface area contributed by atoms with E-state index in [-0.39, 0.29) is 5.91 Å². The molecule has 1 aromatic carbocycles. The number of rotatable bonds is 7. The summed E-state index contributed by atoms with van der Waals surface area (Å²) in [6, 6.07) is 5.77. The highest BCUT2D eigenvalue weighted by Crippen LogP contribution is 2.29. The highest BCUT2D eigenvalue weighted by Gasteiger charge is 2.27. The number of hydrazine groups is 1. The first kappa shape index (κ1) is 22.7. The van der Waals surface area contributed by atoms with Crippen LogP contribution in [0.4, 0.5) is 0 Å². The van der Waals surface area contributed by atoms with Crippen LogP contribution in [-0.4, -0.2) is 30.8 Å². The van der Waals surface area contributed by atoms with Gasteiger partial charge in [-0.15, -0.1) is 0 Å². The fourth-order valence-electron chi connectivity index (χ4n) is 3.38. The van der Waals surface area contributed by atoms with Gasteiger partial charge in [-0.2, -0.15) is 0 Å². The summed E-state index contributed by atoms with van der Waals surface area (Å²) in [6.45, 7) is 8.54. The lowest BCUT2D eigenvalue weighted by Crippen LogP contribution is -2.52. The molecule has 1 fully saturated rings. The van der Waals surface area contributed by atoms with Crippen molar-refractivity contribution in [3.63, 3.8) is 0 Å². The molecule has 1 aliphatic rings. The van der Waals surface area contributed by atoms with E-state index in [1.807, 2.05) is 6.07 Å². The lowest BCUT2D eigenvalue weighted by molar-refractivity contribution is -0.116. The van der Waals surface area contributed by atoms with Crippen molar-refractivity contribution in [1.29, 1.82) is 0 Å². The number of methoxy groups -OCH3 is 1. The minimum atomic E-state index is -0.301. The summed E-state index contributed by atoms with van der Waals surface area (Å²) in [4.78, 5) is 12.1. The van der Waals surface area contributed by atoms with E-state index in [1.165, 1.54) is 18.9 Å². The maximum Gasteiger partial charge on any atom is 0.262 e. The third-order valence-corrected chi connectivity index (χ3v) is 5.51. The Morgan fingerprint density at radius 3 is 2.79 bits per heavy atom. The van der Waals surface area contributed by atoms with Gasteiger partial charge in [-0.25, -0.2) is 0 Å². The smallest absolute Gasteiger partial charge is 0.262 e. The van der Waals surface area contributed by atoms with E-state index >= 15 is 0 Å². The minimum absolute atomic E-state index is 0.301. The number of ether oxygens (including phenoxy) is 2. The quantitative estimate of drug-likeness (QED) is 0.273. The van der Waals surface area contributed by atoms with Crippen molar-refractivity contribution in [2.24, 2.45) is 11.8 Å². The Hall–Kier alpha value is -2.54. The standard InChI is InChI=1S/C22H31N3O3S/c1-5-13-28-19-11-9-17(14-20(19)27-4)10-12-21(26)24-25-22(29)23-18-8-6-7-15(2)16(18)3/h5,9-12,14-16,18H,1,6-8,13H2,2-4H3,(H,24,26)(H2,23,25,29)/b12-10+/t15-,16-,18+/m1/s1. The summed E-state index contributed by atoms with van der Waals surface area (Å²) in [5.74, 6) is 2.14. The van der Waals surface area contributed by atoms with Crippen LogP contribution in [0.5, 0.6) is 11.5 Å². The summed E-state index contributed by atoms with van der Waals surface area (Å²) in [5, 5.41) is 3.74. The highest BCUT2D eigenvalue weighted by molar-refractivity contribution is 7.80. The molecule has 0 unspecified atom stereocenters. The summed E-state index contributed by atoms with van der Waals surface area (Å²) in [6.07, 6.45) is 8.34. The fourth-order valence-corrected chi connectivity index (χ4v) is 3.58. The Kier molecular flexibility index (Phi) is 8.99. The molecule has 6 nitrogen and oxygen atoms in total. The molecule has 3 N–H and O–H groups in total. The zero-order chi connectivity index (χ0) is 21.2. The Labute approximate surface area is 178 Å². The van der Waals surface area contributed by atoms with E-state index < -0.39 is 0 Å². The maximum atomic E-state index is 12.1. The van der Waals surface area contributed by atoms with Gasteiger partial charge in [0, 0.05) is 12.1 Å². The average Bonchev–Trinajstić information content (AvgIpc) is 2.72. The Bertz CT molecular complexity index is 751. The molecular weight excluding hydrogens is 386 g/mol. The number of carbonyl (C=O) groups is 1. The van der Waals surface area contributed by atoms with Gasteiger partial charge in [-0.05, 0) is 54.2 Å². The molecule has 0 spiro atoms. The largest absolute Gasteiger partial charge is 0.493 e. The molecule has 0 aromatic heterocycles. The second-order valence-corrected chi connectivity index (χ2v) is 7.71. The first-order valence-corrected chi connectivity index (χ1v) is 10.3. The summed E-state index contributed by atoms with van der Waals surface area (Å²) in [7, 11) is 1.57. The lowest BCUT2D eigenvalue weighted by atomic mass is 9.78. The number of thiocarbonyl (C=S) groups is 1. The fraction of sp³-hybridized carbons (Fsp3) is 0.455. The molecule has 3 atom stereocenters. The molecule has 1 amide bonds. The molecule has 29 heavy (non-hydrogen) atoms. The summed E-state index contributed by atoms with van der Waals surface area (Å²) >= 11 is 5.31. The van der Waals surface area contributed by atoms with E-state index in [0.717, 1.165) is 12.0 Å². The van der Waals surface area contributed by atoms with Gasteiger partial charge in [0.1, 0.15) is 6.61 Å². The molecule has 0 saturated heterocycles. The normalized spacial score (nSPS) is 21.3.